The van der Waals surface area contributed by atoms with E-state index in [1.807, 2.05) is 13.8 Å². The summed E-state index contributed by atoms with van der Waals surface area (Å²) in [6.07, 6.45) is -0.714. The van der Waals surface area contributed by atoms with Crippen molar-refractivity contribution in [3.8, 4) is 5.75 Å². The Morgan fingerprint density at radius 3 is 2.62 bits per heavy atom. The molecule has 0 saturated carbocycles. The number of hydrogen-bond acceptors (Lipinski definition) is 3. The summed E-state index contributed by atoms with van der Waals surface area (Å²) >= 11 is 0. The fourth-order valence-electron chi connectivity index (χ4n) is 1.26. The molecule has 0 amide bonds. The van der Waals surface area contributed by atoms with Gasteiger partial charge in [-0.1, -0.05) is 6.07 Å². The molecule has 0 aliphatic carbocycles. The van der Waals surface area contributed by atoms with Gasteiger partial charge < -0.3 is 14.6 Å². The van der Waals surface area contributed by atoms with Crippen molar-refractivity contribution in [1.29, 1.82) is 0 Å². The molecule has 0 heterocycles. The topological polar surface area (TPSA) is 38.7 Å². The Morgan fingerprint density at radius 1 is 1.38 bits per heavy atom. The molecule has 1 rings (SSSR count). The second kappa shape index (κ2) is 5.82. The molecule has 0 aromatic heterocycles. The van der Waals surface area contributed by atoms with Crippen LogP contribution in [0.5, 0.6) is 5.75 Å². The monoisotopic (exact) mass is 228 g/mol. The van der Waals surface area contributed by atoms with Gasteiger partial charge in [0.05, 0.1) is 19.8 Å². The SMILES string of the molecule is COc1cc(C(O)COC(C)C)ccc1F. The minimum absolute atomic E-state index is 0.0528. The third kappa shape index (κ3) is 3.47. The van der Waals surface area contributed by atoms with E-state index in [2.05, 4.69) is 0 Å². The number of benzene rings is 1. The van der Waals surface area contributed by atoms with E-state index < -0.39 is 11.9 Å². The van der Waals surface area contributed by atoms with Crippen LogP contribution in [0.25, 0.3) is 0 Å². The first-order valence-electron chi connectivity index (χ1n) is 5.17. The highest BCUT2D eigenvalue weighted by molar-refractivity contribution is 5.31. The van der Waals surface area contributed by atoms with Gasteiger partial charge in [-0.05, 0) is 31.5 Å². The number of aliphatic hydroxyl groups is 1. The fourth-order valence-corrected chi connectivity index (χ4v) is 1.26. The minimum Gasteiger partial charge on any atom is -0.494 e. The Kier molecular flexibility index (Phi) is 4.71. The lowest BCUT2D eigenvalue weighted by molar-refractivity contribution is 0.00483. The Labute approximate surface area is 94.8 Å². The molecule has 0 bridgehead atoms. The van der Waals surface area contributed by atoms with E-state index in [9.17, 15) is 9.50 Å². The van der Waals surface area contributed by atoms with Gasteiger partial charge in [0.2, 0.25) is 0 Å². The van der Waals surface area contributed by atoms with Gasteiger partial charge in [-0.15, -0.1) is 0 Å². The third-order valence-electron chi connectivity index (χ3n) is 2.15. The molecular formula is C12H17FO3. The van der Waals surface area contributed by atoms with E-state index in [4.69, 9.17) is 9.47 Å². The third-order valence-corrected chi connectivity index (χ3v) is 2.15. The number of methoxy groups -OCH3 is 1. The molecule has 1 aromatic rings. The van der Waals surface area contributed by atoms with Crippen molar-refractivity contribution < 1.29 is 19.0 Å². The molecule has 0 aliphatic heterocycles. The van der Waals surface area contributed by atoms with E-state index >= 15 is 0 Å². The van der Waals surface area contributed by atoms with Crippen molar-refractivity contribution in [2.45, 2.75) is 26.1 Å². The summed E-state index contributed by atoms with van der Waals surface area (Å²) in [6.45, 7) is 3.96. The van der Waals surface area contributed by atoms with Gasteiger partial charge >= 0.3 is 0 Å². The molecule has 4 heteroatoms. The van der Waals surface area contributed by atoms with E-state index in [-0.39, 0.29) is 18.5 Å². The predicted molar refractivity (Wildman–Crippen MR) is 59.0 cm³/mol. The molecule has 0 aliphatic rings. The molecule has 16 heavy (non-hydrogen) atoms. The van der Waals surface area contributed by atoms with Crippen LogP contribution in [0.2, 0.25) is 0 Å². The number of ether oxygens (including phenoxy) is 2. The summed E-state index contributed by atoms with van der Waals surface area (Å²) in [5.41, 5.74) is 0.582. The molecule has 0 fully saturated rings. The maximum atomic E-state index is 13.1. The Balaban J connectivity index is 2.72. The van der Waals surface area contributed by atoms with Crippen molar-refractivity contribution in [3.05, 3.63) is 29.6 Å². The molecular weight excluding hydrogens is 211 g/mol. The van der Waals surface area contributed by atoms with Crippen molar-refractivity contribution >= 4 is 0 Å². The molecule has 3 nitrogen and oxygen atoms in total. The second-order valence-electron chi connectivity index (χ2n) is 3.79. The van der Waals surface area contributed by atoms with Crippen LogP contribution in [0.3, 0.4) is 0 Å². The molecule has 1 aromatic carbocycles. The fraction of sp³-hybridized carbons (Fsp3) is 0.500. The van der Waals surface area contributed by atoms with Gasteiger partial charge in [-0.3, -0.25) is 0 Å². The molecule has 1 atom stereocenters. The standard InChI is InChI=1S/C12H17FO3/c1-8(2)16-7-11(14)9-4-5-10(13)12(6-9)15-3/h4-6,8,11,14H,7H2,1-3H3. The summed E-state index contributed by atoms with van der Waals surface area (Å²) in [7, 11) is 1.39. The zero-order valence-corrected chi connectivity index (χ0v) is 9.74. The van der Waals surface area contributed by atoms with Gasteiger partial charge in [0.1, 0.15) is 6.10 Å². The number of rotatable bonds is 5. The molecule has 1 N–H and O–H groups in total. The average Bonchev–Trinajstić information content (AvgIpc) is 2.26. The van der Waals surface area contributed by atoms with Crippen molar-refractivity contribution in [2.24, 2.45) is 0 Å². The maximum Gasteiger partial charge on any atom is 0.165 e. The summed E-state index contributed by atoms with van der Waals surface area (Å²) in [5.74, 6) is -0.315. The van der Waals surface area contributed by atoms with Crippen molar-refractivity contribution in [3.63, 3.8) is 0 Å². The van der Waals surface area contributed by atoms with Gasteiger partial charge in [0, 0.05) is 0 Å². The Bertz CT molecular complexity index is 339. The summed E-state index contributed by atoms with van der Waals surface area (Å²) < 4.78 is 23.2. The highest BCUT2D eigenvalue weighted by Gasteiger charge is 2.11. The lowest BCUT2D eigenvalue weighted by atomic mass is 10.1. The summed E-state index contributed by atoms with van der Waals surface area (Å²) in [5, 5.41) is 9.78. The Morgan fingerprint density at radius 2 is 2.06 bits per heavy atom. The van der Waals surface area contributed by atoms with E-state index in [0.29, 0.717) is 5.56 Å². The van der Waals surface area contributed by atoms with E-state index in [1.54, 1.807) is 0 Å². The maximum absolute atomic E-state index is 13.1. The molecule has 0 saturated heterocycles. The number of halogens is 1. The number of aliphatic hydroxyl groups excluding tert-OH is 1. The van der Waals surface area contributed by atoms with Crippen molar-refractivity contribution in [1.82, 2.24) is 0 Å². The highest BCUT2D eigenvalue weighted by Crippen LogP contribution is 2.22. The van der Waals surface area contributed by atoms with E-state index in [1.165, 1.54) is 25.3 Å². The van der Waals surface area contributed by atoms with Gasteiger partial charge in [0.25, 0.3) is 0 Å². The van der Waals surface area contributed by atoms with Crippen molar-refractivity contribution in [2.75, 3.05) is 13.7 Å². The molecule has 90 valence electrons. The zero-order valence-electron chi connectivity index (χ0n) is 9.74. The normalized spacial score (nSPS) is 12.9. The molecule has 1 unspecified atom stereocenters. The van der Waals surface area contributed by atoms with Crippen LogP contribution in [-0.4, -0.2) is 24.9 Å². The van der Waals surface area contributed by atoms with Gasteiger partial charge in [-0.25, -0.2) is 4.39 Å². The average molecular weight is 228 g/mol. The Hall–Kier alpha value is -1.13. The first kappa shape index (κ1) is 12.9. The smallest absolute Gasteiger partial charge is 0.165 e. The summed E-state index contributed by atoms with van der Waals surface area (Å²) in [4.78, 5) is 0. The van der Waals surface area contributed by atoms with Gasteiger partial charge in [0.15, 0.2) is 11.6 Å². The van der Waals surface area contributed by atoms with Gasteiger partial charge in [-0.2, -0.15) is 0 Å². The van der Waals surface area contributed by atoms with Crippen LogP contribution in [0.1, 0.15) is 25.5 Å². The van der Waals surface area contributed by atoms with Crippen LogP contribution in [0, 0.1) is 5.82 Å². The van der Waals surface area contributed by atoms with Crippen LogP contribution < -0.4 is 4.74 Å². The van der Waals surface area contributed by atoms with Crippen LogP contribution >= 0.6 is 0 Å². The van der Waals surface area contributed by atoms with Crippen LogP contribution in [-0.2, 0) is 4.74 Å². The predicted octanol–water partition coefficient (Wildman–Crippen LogP) is 2.29. The quantitative estimate of drug-likeness (QED) is 0.840. The highest BCUT2D eigenvalue weighted by atomic mass is 19.1. The lowest BCUT2D eigenvalue weighted by Gasteiger charge is -2.14. The van der Waals surface area contributed by atoms with Crippen LogP contribution in [0.15, 0.2) is 18.2 Å². The van der Waals surface area contributed by atoms with Crippen LogP contribution in [0.4, 0.5) is 4.39 Å². The first-order valence-corrected chi connectivity index (χ1v) is 5.17. The minimum atomic E-state index is -0.767. The summed E-state index contributed by atoms with van der Waals surface area (Å²) in [6, 6.07) is 4.27. The molecule has 0 spiro atoms. The zero-order chi connectivity index (χ0) is 12.1. The number of hydrogen-bond donors (Lipinski definition) is 1. The lowest BCUT2D eigenvalue weighted by Crippen LogP contribution is -2.12. The second-order valence-corrected chi connectivity index (χ2v) is 3.79. The first-order chi connectivity index (χ1) is 7.54. The molecule has 0 radical (unpaired) electrons. The largest absolute Gasteiger partial charge is 0.494 e. The van der Waals surface area contributed by atoms with E-state index in [0.717, 1.165) is 0 Å².